The van der Waals surface area contributed by atoms with E-state index in [0.29, 0.717) is 18.4 Å². The first-order valence-electron chi connectivity index (χ1n) is 11.3. The molecule has 1 saturated carbocycles. The summed E-state index contributed by atoms with van der Waals surface area (Å²) in [6.07, 6.45) is -0.890. The van der Waals surface area contributed by atoms with Gasteiger partial charge in [-0.1, -0.05) is 23.8 Å². The third kappa shape index (κ3) is 5.70. The monoisotopic (exact) mass is 535 g/mol. The van der Waals surface area contributed by atoms with Gasteiger partial charge >= 0.3 is 6.18 Å². The molecular formula is C24H25ClF3N7O2. The van der Waals surface area contributed by atoms with E-state index < -0.39 is 17.8 Å². The molecule has 0 spiro atoms. The lowest BCUT2D eigenvalue weighted by molar-refractivity contribution is -0.141. The third-order valence-corrected chi connectivity index (χ3v) is 6.22. The highest BCUT2D eigenvalue weighted by atomic mass is 35.5. The molecule has 2 heterocycles. The van der Waals surface area contributed by atoms with Crippen LogP contribution in [0.1, 0.15) is 46.4 Å². The summed E-state index contributed by atoms with van der Waals surface area (Å²) in [4.78, 5) is 29.4. The van der Waals surface area contributed by atoms with Crippen LogP contribution in [0.4, 0.5) is 18.9 Å². The van der Waals surface area contributed by atoms with Gasteiger partial charge in [-0.2, -0.15) is 18.3 Å². The van der Waals surface area contributed by atoms with Crippen molar-refractivity contribution >= 4 is 29.1 Å². The molecule has 9 nitrogen and oxygen atoms in total. The number of nitrogens with zero attached hydrogens (tertiary/aromatic N) is 4. The minimum Gasteiger partial charge on any atom is -0.349 e. The fourth-order valence-electron chi connectivity index (χ4n) is 4.05. The summed E-state index contributed by atoms with van der Waals surface area (Å²) < 4.78 is 43.4. The molecule has 1 aromatic carbocycles. The van der Waals surface area contributed by atoms with E-state index in [4.69, 9.17) is 17.3 Å². The van der Waals surface area contributed by atoms with E-state index in [1.807, 2.05) is 0 Å². The third-order valence-electron chi connectivity index (χ3n) is 5.91. The zero-order valence-electron chi connectivity index (χ0n) is 20.1. The van der Waals surface area contributed by atoms with Gasteiger partial charge in [-0.3, -0.25) is 14.3 Å². The molecule has 3 aromatic rings. The minimum atomic E-state index is -4.71. The van der Waals surface area contributed by atoms with E-state index in [1.165, 1.54) is 42.2 Å². The molecule has 2 aromatic heterocycles. The van der Waals surface area contributed by atoms with Crippen molar-refractivity contribution in [2.45, 2.75) is 44.6 Å². The van der Waals surface area contributed by atoms with Crippen molar-refractivity contribution in [2.24, 2.45) is 12.8 Å². The van der Waals surface area contributed by atoms with E-state index in [2.05, 4.69) is 27.3 Å². The van der Waals surface area contributed by atoms with Gasteiger partial charge < -0.3 is 20.9 Å². The van der Waals surface area contributed by atoms with Gasteiger partial charge in [-0.05, 0) is 38.0 Å². The van der Waals surface area contributed by atoms with E-state index in [0.717, 1.165) is 4.68 Å². The second-order valence-electron chi connectivity index (χ2n) is 9.12. The summed E-state index contributed by atoms with van der Waals surface area (Å²) >= 11 is 6.26. The van der Waals surface area contributed by atoms with Crippen LogP contribution in [-0.4, -0.2) is 43.2 Å². The number of allylic oxidation sites excluding steroid dienone is 1. The number of nitrogens with two attached hydrogens (primary N) is 1. The van der Waals surface area contributed by atoms with Gasteiger partial charge in [0.05, 0.1) is 34.6 Å². The summed E-state index contributed by atoms with van der Waals surface area (Å²) in [6.45, 7) is 5.49. The minimum absolute atomic E-state index is 0.00122. The van der Waals surface area contributed by atoms with Crippen LogP contribution in [0.25, 0.3) is 11.3 Å². The highest BCUT2D eigenvalue weighted by molar-refractivity contribution is 6.34. The standard InChI is InChI=1S/C24H25ClF3N7O2/c1-12(2)10-35-11-17(20(33-35)24(26,27)28)19-9-30-21(34(19)3)23(37)31-14-4-5-16(18(25)8-14)22(36)32-15-6-13(29)7-15/h4-5,8-9,11,13,15H,1,6-7,10,29H2,2-3H3,(H,31,37)(H,32,36). The number of benzene rings is 1. The molecule has 0 atom stereocenters. The Morgan fingerprint density at radius 3 is 2.57 bits per heavy atom. The number of nitrogens with one attached hydrogen (secondary N) is 2. The smallest absolute Gasteiger partial charge is 0.349 e. The zero-order valence-corrected chi connectivity index (χ0v) is 20.8. The van der Waals surface area contributed by atoms with Gasteiger partial charge in [0.1, 0.15) is 0 Å². The number of aromatic nitrogens is 4. The number of alkyl halides is 3. The molecular weight excluding hydrogens is 511 g/mol. The van der Waals surface area contributed by atoms with E-state index >= 15 is 0 Å². The fraction of sp³-hybridized carbons (Fsp3) is 0.333. The van der Waals surface area contributed by atoms with Crippen molar-refractivity contribution in [3.8, 4) is 11.3 Å². The van der Waals surface area contributed by atoms with Crippen LogP contribution < -0.4 is 16.4 Å². The zero-order chi connectivity index (χ0) is 27.1. The molecule has 1 aliphatic carbocycles. The van der Waals surface area contributed by atoms with Crippen LogP contribution >= 0.6 is 11.6 Å². The van der Waals surface area contributed by atoms with E-state index in [1.54, 1.807) is 6.92 Å². The van der Waals surface area contributed by atoms with Crippen molar-refractivity contribution in [3.05, 3.63) is 64.8 Å². The number of amides is 2. The Morgan fingerprint density at radius 2 is 1.97 bits per heavy atom. The number of halogens is 4. The van der Waals surface area contributed by atoms with Gasteiger partial charge in [0.25, 0.3) is 11.8 Å². The predicted octanol–water partition coefficient (Wildman–Crippen LogP) is 4.00. The Labute approximate surface area is 215 Å². The number of hydrogen-bond acceptors (Lipinski definition) is 5. The molecule has 1 aliphatic rings. The van der Waals surface area contributed by atoms with Gasteiger partial charge in [-0.25, -0.2) is 4.98 Å². The molecule has 13 heteroatoms. The molecule has 0 radical (unpaired) electrons. The maximum Gasteiger partial charge on any atom is 0.435 e. The molecule has 196 valence electrons. The van der Waals surface area contributed by atoms with E-state index in [9.17, 15) is 22.8 Å². The summed E-state index contributed by atoms with van der Waals surface area (Å²) in [6, 6.07) is 4.47. The van der Waals surface area contributed by atoms with E-state index in [-0.39, 0.29) is 57.9 Å². The first-order valence-corrected chi connectivity index (χ1v) is 11.7. The van der Waals surface area contributed by atoms with Crippen LogP contribution in [0.15, 0.2) is 42.7 Å². The molecule has 0 bridgehead atoms. The Kier molecular flexibility index (Phi) is 7.16. The number of hydrogen-bond donors (Lipinski definition) is 3. The lowest BCUT2D eigenvalue weighted by Crippen LogP contribution is -2.50. The lowest BCUT2D eigenvalue weighted by Gasteiger charge is -2.33. The number of imidazole rings is 1. The summed E-state index contributed by atoms with van der Waals surface area (Å²) in [5.41, 5.74) is 5.65. The van der Waals surface area contributed by atoms with Gasteiger partial charge in [0.2, 0.25) is 0 Å². The quantitative estimate of drug-likeness (QED) is 0.395. The summed E-state index contributed by atoms with van der Waals surface area (Å²) in [5, 5.41) is 9.24. The maximum absolute atomic E-state index is 13.7. The number of carbonyl (C=O) groups is 2. The summed E-state index contributed by atoms with van der Waals surface area (Å²) in [7, 11) is 1.43. The average molecular weight is 536 g/mol. The molecule has 0 aliphatic heterocycles. The molecule has 1 fully saturated rings. The average Bonchev–Trinajstić information content (AvgIpc) is 3.35. The van der Waals surface area contributed by atoms with Crippen molar-refractivity contribution in [3.63, 3.8) is 0 Å². The van der Waals surface area contributed by atoms with Crippen molar-refractivity contribution in [1.82, 2.24) is 24.6 Å². The Morgan fingerprint density at radius 1 is 1.27 bits per heavy atom. The number of rotatable bonds is 7. The summed E-state index contributed by atoms with van der Waals surface area (Å²) in [5.74, 6) is -1.15. The molecule has 0 unspecified atom stereocenters. The second-order valence-corrected chi connectivity index (χ2v) is 9.53. The van der Waals surface area contributed by atoms with Crippen molar-refractivity contribution < 1.29 is 22.8 Å². The number of anilines is 1. The van der Waals surface area contributed by atoms with Crippen LogP contribution in [0.5, 0.6) is 0 Å². The van der Waals surface area contributed by atoms with Gasteiger partial charge in [0.15, 0.2) is 11.5 Å². The highest BCUT2D eigenvalue weighted by Crippen LogP contribution is 2.36. The maximum atomic E-state index is 13.7. The van der Waals surface area contributed by atoms with Crippen LogP contribution in [0, 0.1) is 0 Å². The Bertz CT molecular complexity index is 1370. The van der Waals surface area contributed by atoms with Crippen molar-refractivity contribution in [2.75, 3.05) is 5.32 Å². The predicted molar refractivity (Wildman–Crippen MR) is 132 cm³/mol. The topological polar surface area (TPSA) is 120 Å². The SMILES string of the molecule is C=C(C)Cn1cc(-c2cnc(C(=O)Nc3ccc(C(=O)NC4CC(N)C4)c(Cl)c3)n2C)c(C(F)(F)F)n1. The van der Waals surface area contributed by atoms with Crippen molar-refractivity contribution in [1.29, 1.82) is 0 Å². The fourth-order valence-corrected chi connectivity index (χ4v) is 4.32. The second kappa shape index (κ2) is 10.0. The highest BCUT2D eigenvalue weighted by Gasteiger charge is 2.38. The lowest BCUT2D eigenvalue weighted by atomic mass is 9.87. The molecule has 2 amide bonds. The van der Waals surface area contributed by atoms with Gasteiger partial charge in [0, 0.05) is 31.0 Å². The Hall–Kier alpha value is -3.64. The first kappa shape index (κ1) is 26.4. The van der Waals surface area contributed by atoms with Crippen LogP contribution in [-0.2, 0) is 19.8 Å². The molecule has 4 rings (SSSR count). The first-order chi connectivity index (χ1) is 17.3. The molecule has 37 heavy (non-hydrogen) atoms. The van der Waals surface area contributed by atoms with Crippen LogP contribution in [0.3, 0.4) is 0 Å². The largest absolute Gasteiger partial charge is 0.435 e. The molecule has 4 N–H and O–H groups in total. The molecule has 0 saturated heterocycles. The normalized spacial score (nSPS) is 17.3. The van der Waals surface area contributed by atoms with Gasteiger partial charge in [-0.15, -0.1) is 0 Å². The Balaban J connectivity index is 1.53. The van der Waals surface area contributed by atoms with Crippen LogP contribution in [0.2, 0.25) is 5.02 Å². The number of carbonyl (C=O) groups excluding carboxylic acids is 2.